The molecule has 0 radical (unpaired) electrons. The van der Waals surface area contributed by atoms with Crippen molar-refractivity contribution in [1.82, 2.24) is 5.32 Å². The lowest BCUT2D eigenvalue weighted by Gasteiger charge is -2.13. The Kier molecular flexibility index (Phi) is 10.2. The van der Waals surface area contributed by atoms with Crippen LogP contribution in [0.5, 0.6) is 0 Å². The molecular formula is C12H20N2O3S. The van der Waals surface area contributed by atoms with Gasteiger partial charge in [-0.3, -0.25) is 9.59 Å². The molecule has 6 heteroatoms. The molecule has 0 aromatic rings. The fraction of sp³-hybridized carbons (Fsp3) is 0.750. The maximum absolute atomic E-state index is 11.3. The Hall–Kier alpha value is -1.22. The Morgan fingerprint density at radius 3 is 2.72 bits per heavy atom. The van der Waals surface area contributed by atoms with Gasteiger partial charge in [0.15, 0.2) is 0 Å². The Balaban J connectivity index is 3.63. The number of nitrogens with one attached hydrogen (secondary N) is 1. The number of aliphatic carboxylic acids is 1. The quantitative estimate of drug-likeness (QED) is 0.590. The van der Waals surface area contributed by atoms with E-state index >= 15 is 0 Å². The number of nitriles is 1. The van der Waals surface area contributed by atoms with E-state index < -0.39 is 5.97 Å². The number of hydrogen-bond donors (Lipinski definition) is 2. The van der Waals surface area contributed by atoms with Crippen LogP contribution in [0.25, 0.3) is 0 Å². The van der Waals surface area contributed by atoms with Gasteiger partial charge in [0.25, 0.3) is 0 Å². The van der Waals surface area contributed by atoms with E-state index in [9.17, 15) is 9.59 Å². The van der Waals surface area contributed by atoms with Crippen LogP contribution in [0.1, 0.15) is 32.6 Å². The maximum atomic E-state index is 11.3. The van der Waals surface area contributed by atoms with Crippen LogP contribution in [-0.4, -0.2) is 35.0 Å². The smallest absolute Gasteiger partial charge is 0.303 e. The second-order valence-electron chi connectivity index (χ2n) is 4.00. The SMILES string of the molecule is CCC(CCNC(=O)CSCC#N)CCC(=O)O. The molecule has 102 valence electrons. The standard InChI is InChI=1S/C12H20N2O3S/c1-2-10(3-4-12(16)17)5-7-14-11(15)9-18-8-6-13/h10H,2-5,7-9H2,1H3,(H,14,15)(H,16,17). The van der Waals surface area contributed by atoms with Crippen molar-refractivity contribution >= 4 is 23.6 Å². The second kappa shape index (κ2) is 10.9. The second-order valence-corrected chi connectivity index (χ2v) is 4.98. The van der Waals surface area contributed by atoms with Gasteiger partial charge in [0.1, 0.15) is 0 Å². The highest BCUT2D eigenvalue weighted by molar-refractivity contribution is 8.00. The van der Waals surface area contributed by atoms with E-state index in [1.165, 1.54) is 11.8 Å². The summed E-state index contributed by atoms with van der Waals surface area (Å²) in [5, 5.41) is 19.7. The predicted octanol–water partition coefficient (Wildman–Crippen LogP) is 1.64. The molecule has 0 aliphatic rings. The summed E-state index contributed by atoms with van der Waals surface area (Å²) in [6.45, 7) is 2.60. The molecule has 0 fully saturated rings. The van der Waals surface area contributed by atoms with Gasteiger partial charge in [-0.2, -0.15) is 5.26 Å². The van der Waals surface area contributed by atoms with Crippen LogP contribution in [-0.2, 0) is 9.59 Å². The molecule has 18 heavy (non-hydrogen) atoms. The molecule has 2 N–H and O–H groups in total. The van der Waals surface area contributed by atoms with Gasteiger partial charge in [-0.05, 0) is 18.8 Å². The number of carboxylic acids is 1. The molecule has 5 nitrogen and oxygen atoms in total. The Labute approximate surface area is 112 Å². The summed E-state index contributed by atoms with van der Waals surface area (Å²) in [7, 11) is 0. The first-order chi connectivity index (χ1) is 8.60. The van der Waals surface area contributed by atoms with E-state index in [0.717, 1.165) is 12.8 Å². The topological polar surface area (TPSA) is 90.2 Å². The van der Waals surface area contributed by atoms with Gasteiger partial charge >= 0.3 is 5.97 Å². The molecular weight excluding hydrogens is 252 g/mol. The van der Waals surface area contributed by atoms with E-state index in [2.05, 4.69) is 5.32 Å². The van der Waals surface area contributed by atoms with Crippen LogP contribution in [0.15, 0.2) is 0 Å². The molecule has 0 bridgehead atoms. The lowest BCUT2D eigenvalue weighted by atomic mass is 9.97. The monoisotopic (exact) mass is 272 g/mol. The van der Waals surface area contributed by atoms with Crippen molar-refractivity contribution in [2.24, 2.45) is 5.92 Å². The van der Waals surface area contributed by atoms with Crippen molar-refractivity contribution in [3.63, 3.8) is 0 Å². The zero-order chi connectivity index (χ0) is 13.8. The van der Waals surface area contributed by atoms with E-state index in [-0.39, 0.29) is 12.3 Å². The van der Waals surface area contributed by atoms with Crippen LogP contribution in [0.2, 0.25) is 0 Å². The summed E-state index contributed by atoms with van der Waals surface area (Å²) in [6.07, 6.45) is 2.57. The van der Waals surface area contributed by atoms with Crippen LogP contribution in [0.3, 0.4) is 0 Å². The zero-order valence-corrected chi connectivity index (χ0v) is 11.5. The Morgan fingerprint density at radius 2 is 2.17 bits per heavy atom. The number of rotatable bonds is 10. The summed E-state index contributed by atoms with van der Waals surface area (Å²) in [5.74, 6) is 0.130. The summed E-state index contributed by atoms with van der Waals surface area (Å²) in [6, 6.07) is 1.96. The fourth-order valence-corrected chi connectivity index (χ4v) is 2.02. The fourth-order valence-electron chi connectivity index (χ4n) is 1.54. The minimum atomic E-state index is -0.773. The molecule has 0 aromatic heterocycles. The number of hydrogen-bond acceptors (Lipinski definition) is 4. The minimum Gasteiger partial charge on any atom is -0.481 e. The molecule has 0 aliphatic carbocycles. The van der Waals surface area contributed by atoms with Gasteiger partial charge in [0, 0.05) is 13.0 Å². The first-order valence-corrected chi connectivity index (χ1v) is 7.18. The molecule has 0 spiro atoms. The van der Waals surface area contributed by atoms with E-state index in [1.54, 1.807) is 0 Å². The number of carbonyl (C=O) groups excluding carboxylic acids is 1. The van der Waals surface area contributed by atoms with Gasteiger partial charge in [-0.15, -0.1) is 11.8 Å². The number of amides is 1. The highest BCUT2D eigenvalue weighted by atomic mass is 32.2. The molecule has 0 aliphatic heterocycles. The third-order valence-corrected chi connectivity index (χ3v) is 3.42. The van der Waals surface area contributed by atoms with Crippen molar-refractivity contribution in [3.8, 4) is 6.07 Å². The molecule has 1 atom stereocenters. The number of carboxylic acid groups (broad SMARTS) is 1. The largest absolute Gasteiger partial charge is 0.481 e. The molecule has 1 unspecified atom stereocenters. The average molecular weight is 272 g/mol. The summed E-state index contributed by atoms with van der Waals surface area (Å²) in [5.41, 5.74) is 0. The summed E-state index contributed by atoms with van der Waals surface area (Å²) >= 11 is 1.29. The Morgan fingerprint density at radius 1 is 1.44 bits per heavy atom. The normalized spacial score (nSPS) is 11.6. The molecule has 1 amide bonds. The maximum Gasteiger partial charge on any atom is 0.303 e. The average Bonchev–Trinajstić information content (AvgIpc) is 2.33. The van der Waals surface area contributed by atoms with E-state index in [1.807, 2.05) is 13.0 Å². The van der Waals surface area contributed by atoms with Crippen LogP contribution >= 0.6 is 11.8 Å². The number of carbonyl (C=O) groups is 2. The predicted molar refractivity (Wildman–Crippen MR) is 71.2 cm³/mol. The van der Waals surface area contributed by atoms with Crippen molar-refractivity contribution in [1.29, 1.82) is 5.26 Å². The summed E-state index contributed by atoms with van der Waals surface area (Å²) in [4.78, 5) is 21.8. The lowest BCUT2D eigenvalue weighted by Crippen LogP contribution is -2.27. The zero-order valence-electron chi connectivity index (χ0n) is 10.6. The van der Waals surface area contributed by atoms with Crippen molar-refractivity contribution in [2.75, 3.05) is 18.1 Å². The van der Waals surface area contributed by atoms with Gasteiger partial charge < -0.3 is 10.4 Å². The Bertz CT molecular complexity index is 302. The lowest BCUT2D eigenvalue weighted by molar-refractivity contribution is -0.137. The number of nitrogens with zero attached hydrogens (tertiary/aromatic N) is 1. The summed E-state index contributed by atoms with van der Waals surface area (Å²) < 4.78 is 0. The van der Waals surface area contributed by atoms with E-state index in [4.69, 9.17) is 10.4 Å². The molecule has 0 heterocycles. The van der Waals surface area contributed by atoms with Crippen LogP contribution in [0, 0.1) is 17.2 Å². The molecule has 0 aromatic carbocycles. The van der Waals surface area contributed by atoms with Gasteiger partial charge in [0.05, 0.1) is 17.6 Å². The first kappa shape index (κ1) is 16.8. The third-order valence-electron chi connectivity index (χ3n) is 2.62. The highest BCUT2D eigenvalue weighted by Gasteiger charge is 2.09. The highest BCUT2D eigenvalue weighted by Crippen LogP contribution is 2.14. The van der Waals surface area contributed by atoms with Gasteiger partial charge in [-0.1, -0.05) is 13.3 Å². The van der Waals surface area contributed by atoms with Crippen LogP contribution in [0.4, 0.5) is 0 Å². The van der Waals surface area contributed by atoms with Crippen LogP contribution < -0.4 is 5.32 Å². The van der Waals surface area contributed by atoms with Gasteiger partial charge in [-0.25, -0.2) is 0 Å². The van der Waals surface area contributed by atoms with Crippen molar-refractivity contribution < 1.29 is 14.7 Å². The van der Waals surface area contributed by atoms with Crippen molar-refractivity contribution in [3.05, 3.63) is 0 Å². The van der Waals surface area contributed by atoms with E-state index in [0.29, 0.717) is 30.4 Å². The number of thioether (sulfide) groups is 1. The molecule has 0 saturated carbocycles. The third kappa shape index (κ3) is 9.97. The van der Waals surface area contributed by atoms with Gasteiger partial charge in [0.2, 0.25) is 5.91 Å². The molecule has 0 rings (SSSR count). The molecule has 0 saturated heterocycles. The van der Waals surface area contributed by atoms with Crippen molar-refractivity contribution in [2.45, 2.75) is 32.6 Å². The first-order valence-electron chi connectivity index (χ1n) is 6.03. The minimum absolute atomic E-state index is 0.0664.